The van der Waals surface area contributed by atoms with Gasteiger partial charge in [0.05, 0.1) is 0 Å². The number of hydrogen-bond donors (Lipinski definition) is 2. The summed E-state index contributed by atoms with van der Waals surface area (Å²) in [6.45, 7) is 9.21. The Morgan fingerprint density at radius 3 is 2.84 bits per heavy atom. The van der Waals surface area contributed by atoms with Crippen molar-refractivity contribution in [1.82, 2.24) is 15.6 Å². The Morgan fingerprint density at radius 1 is 1.21 bits per heavy atom. The van der Waals surface area contributed by atoms with Crippen LogP contribution in [0.1, 0.15) is 25.3 Å². The molecule has 1 heterocycles. The van der Waals surface area contributed by atoms with Crippen LogP contribution in [0.15, 0.2) is 22.6 Å². The first-order chi connectivity index (χ1) is 9.15. The first-order valence-corrected chi connectivity index (χ1v) is 6.95. The molecule has 1 aromatic carbocycles. The van der Waals surface area contributed by atoms with E-state index in [0.29, 0.717) is 6.04 Å². The van der Waals surface area contributed by atoms with E-state index in [1.54, 1.807) is 0 Å². The molecular weight excluding hydrogens is 238 g/mol. The lowest BCUT2D eigenvalue weighted by Gasteiger charge is -2.08. The number of fused-ring (bicyclic) bond motifs is 1. The van der Waals surface area contributed by atoms with Crippen LogP contribution >= 0.6 is 0 Å². The van der Waals surface area contributed by atoms with Crippen molar-refractivity contribution in [3.63, 3.8) is 0 Å². The predicted molar refractivity (Wildman–Crippen MR) is 78.5 cm³/mol. The third kappa shape index (κ3) is 4.33. The number of aromatic nitrogens is 1. The molecule has 0 atom stereocenters. The average molecular weight is 261 g/mol. The van der Waals surface area contributed by atoms with E-state index < -0.39 is 0 Å². The van der Waals surface area contributed by atoms with Gasteiger partial charge in [0.1, 0.15) is 5.52 Å². The minimum absolute atomic E-state index is 0.555. The number of rotatable bonds is 7. The quantitative estimate of drug-likeness (QED) is 0.751. The molecule has 1 aromatic heterocycles. The lowest BCUT2D eigenvalue weighted by molar-refractivity contribution is 0.556. The Bertz CT molecular complexity index is 519. The molecule has 2 rings (SSSR count). The maximum Gasteiger partial charge on any atom is 0.192 e. The Kier molecular flexibility index (Phi) is 4.93. The average Bonchev–Trinajstić information content (AvgIpc) is 2.72. The fourth-order valence-electron chi connectivity index (χ4n) is 2.05. The highest BCUT2D eigenvalue weighted by atomic mass is 16.3. The molecule has 0 aliphatic heterocycles. The van der Waals surface area contributed by atoms with E-state index in [4.69, 9.17) is 4.42 Å². The zero-order chi connectivity index (χ0) is 13.7. The Hall–Kier alpha value is -1.39. The molecule has 0 saturated heterocycles. The van der Waals surface area contributed by atoms with Crippen molar-refractivity contribution < 1.29 is 4.42 Å². The van der Waals surface area contributed by atoms with Crippen molar-refractivity contribution in [1.29, 1.82) is 0 Å². The maximum absolute atomic E-state index is 5.47. The molecule has 4 heteroatoms. The van der Waals surface area contributed by atoms with Gasteiger partial charge in [-0.15, -0.1) is 0 Å². The predicted octanol–water partition coefficient (Wildman–Crippen LogP) is 2.27. The van der Waals surface area contributed by atoms with E-state index in [1.165, 1.54) is 5.56 Å². The summed E-state index contributed by atoms with van der Waals surface area (Å²) in [5.74, 6) is 0.727. The lowest BCUT2D eigenvalue weighted by Crippen LogP contribution is -2.32. The highest BCUT2D eigenvalue weighted by Gasteiger charge is 2.02. The molecule has 0 bridgehead atoms. The zero-order valence-corrected chi connectivity index (χ0v) is 12.0. The molecular formula is C15H23N3O. The van der Waals surface area contributed by atoms with E-state index in [1.807, 2.05) is 13.0 Å². The molecule has 2 aromatic rings. The highest BCUT2D eigenvalue weighted by molar-refractivity contribution is 5.73. The van der Waals surface area contributed by atoms with Gasteiger partial charge in [-0.05, 0) is 30.7 Å². The maximum atomic E-state index is 5.47. The van der Waals surface area contributed by atoms with Crippen molar-refractivity contribution in [3.05, 3.63) is 29.7 Å². The molecule has 0 aliphatic rings. The van der Waals surface area contributed by atoms with Crippen LogP contribution in [0.4, 0.5) is 0 Å². The summed E-state index contributed by atoms with van der Waals surface area (Å²) in [6.07, 6.45) is 1.02. The van der Waals surface area contributed by atoms with Gasteiger partial charge in [0, 0.05) is 26.1 Å². The van der Waals surface area contributed by atoms with Crippen molar-refractivity contribution in [2.45, 2.75) is 33.2 Å². The molecule has 19 heavy (non-hydrogen) atoms. The highest BCUT2D eigenvalue weighted by Crippen LogP contribution is 2.16. The minimum atomic E-state index is 0.555. The number of aryl methyl sites for hydroxylation is 1. The zero-order valence-electron chi connectivity index (χ0n) is 12.0. The van der Waals surface area contributed by atoms with Crippen molar-refractivity contribution in [3.8, 4) is 0 Å². The first-order valence-electron chi connectivity index (χ1n) is 6.95. The molecule has 0 amide bonds. The molecule has 0 saturated carbocycles. The van der Waals surface area contributed by atoms with Gasteiger partial charge in [-0.1, -0.05) is 19.9 Å². The van der Waals surface area contributed by atoms with Gasteiger partial charge >= 0.3 is 0 Å². The van der Waals surface area contributed by atoms with Gasteiger partial charge in [0.25, 0.3) is 0 Å². The smallest absolute Gasteiger partial charge is 0.192 e. The Balaban J connectivity index is 1.75. The standard InChI is InChI=1S/C15H23N3O/c1-11(2)17-9-8-16-7-6-13-4-5-15-14(10-13)18-12(3)19-15/h4-5,10-11,16-17H,6-9H2,1-3H3. The van der Waals surface area contributed by atoms with E-state index >= 15 is 0 Å². The van der Waals surface area contributed by atoms with Crippen LogP contribution in [0, 0.1) is 6.92 Å². The third-order valence-corrected chi connectivity index (χ3v) is 3.00. The first kappa shape index (κ1) is 14.0. The number of benzene rings is 1. The van der Waals surface area contributed by atoms with Gasteiger partial charge in [0.15, 0.2) is 11.5 Å². The van der Waals surface area contributed by atoms with Gasteiger partial charge in [-0.25, -0.2) is 4.98 Å². The van der Waals surface area contributed by atoms with Crippen molar-refractivity contribution in [2.24, 2.45) is 0 Å². The van der Waals surface area contributed by atoms with Crippen LogP contribution in [0.3, 0.4) is 0 Å². The second-order valence-electron chi connectivity index (χ2n) is 5.14. The molecule has 0 radical (unpaired) electrons. The number of hydrogen-bond acceptors (Lipinski definition) is 4. The van der Waals surface area contributed by atoms with Crippen LogP contribution < -0.4 is 10.6 Å². The second kappa shape index (κ2) is 6.68. The van der Waals surface area contributed by atoms with Gasteiger partial charge < -0.3 is 15.1 Å². The van der Waals surface area contributed by atoms with Crippen LogP contribution in [-0.2, 0) is 6.42 Å². The van der Waals surface area contributed by atoms with Gasteiger partial charge in [-0.2, -0.15) is 0 Å². The Morgan fingerprint density at radius 2 is 2.05 bits per heavy atom. The third-order valence-electron chi connectivity index (χ3n) is 3.00. The van der Waals surface area contributed by atoms with Crippen LogP contribution in [0.25, 0.3) is 11.1 Å². The molecule has 104 valence electrons. The normalized spacial score (nSPS) is 11.6. The fraction of sp³-hybridized carbons (Fsp3) is 0.533. The number of oxazole rings is 1. The van der Waals surface area contributed by atoms with Crippen LogP contribution in [0.5, 0.6) is 0 Å². The van der Waals surface area contributed by atoms with E-state index in [0.717, 1.165) is 43.0 Å². The summed E-state index contributed by atoms with van der Waals surface area (Å²) >= 11 is 0. The van der Waals surface area contributed by atoms with Crippen molar-refractivity contribution >= 4 is 11.1 Å². The molecule has 4 nitrogen and oxygen atoms in total. The van der Waals surface area contributed by atoms with E-state index in [-0.39, 0.29) is 0 Å². The molecule has 0 aliphatic carbocycles. The lowest BCUT2D eigenvalue weighted by atomic mass is 10.1. The second-order valence-corrected chi connectivity index (χ2v) is 5.14. The van der Waals surface area contributed by atoms with Crippen LogP contribution in [0.2, 0.25) is 0 Å². The summed E-state index contributed by atoms with van der Waals surface area (Å²) < 4.78 is 5.47. The largest absolute Gasteiger partial charge is 0.441 e. The summed E-state index contributed by atoms with van der Waals surface area (Å²) in [7, 11) is 0. The monoisotopic (exact) mass is 261 g/mol. The molecule has 0 fully saturated rings. The summed E-state index contributed by atoms with van der Waals surface area (Å²) in [6, 6.07) is 6.78. The SMILES string of the molecule is Cc1nc2cc(CCNCCNC(C)C)ccc2o1. The minimum Gasteiger partial charge on any atom is -0.441 e. The molecule has 2 N–H and O–H groups in total. The molecule has 0 spiro atoms. The topological polar surface area (TPSA) is 50.1 Å². The number of nitrogens with one attached hydrogen (secondary N) is 2. The fourth-order valence-corrected chi connectivity index (χ4v) is 2.05. The summed E-state index contributed by atoms with van der Waals surface area (Å²) in [4.78, 5) is 4.35. The van der Waals surface area contributed by atoms with Crippen molar-refractivity contribution in [2.75, 3.05) is 19.6 Å². The Labute approximate surface area is 114 Å². The number of nitrogens with zero attached hydrogens (tertiary/aromatic N) is 1. The summed E-state index contributed by atoms with van der Waals surface area (Å²) in [5, 5.41) is 6.82. The van der Waals surface area contributed by atoms with Gasteiger partial charge in [-0.3, -0.25) is 0 Å². The van der Waals surface area contributed by atoms with E-state index in [9.17, 15) is 0 Å². The molecule has 0 unspecified atom stereocenters. The van der Waals surface area contributed by atoms with Crippen LogP contribution in [-0.4, -0.2) is 30.7 Å². The summed E-state index contributed by atoms with van der Waals surface area (Å²) in [5.41, 5.74) is 3.12. The van der Waals surface area contributed by atoms with Gasteiger partial charge in [0.2, 0.25) is 0 Å². The van der Waals surface area contributed by atoms with E-state index in [2.05, 4.69) is 41.6 Å².